The van der Waals surface area contributed by atoms with Gasteiger partial charge in [0.25, 0.3) is 0 Å². The van der Waals surface area contributed by atoms with Crippen molar-refractivity contribution in [3.8, 4) is 0 Å². The molecular formula is C15H20F3NO. The third kappa shape index (κ3) is 3.73. The molecule has 1 N–H and O–H groups in total. The van der Waals surface area contributed by atoms with Crippen molar-refractivity contribution >= 4 is 0 Å². The molecule has 0 aliphatic carbocycles. The second-order valence-electron chi connectivity index (χ2n) is 5.23. The number of ether oxygens (including phenoxy) is 1. The van der Waals surface area contributed by atoms with Crippen LogP contribution in [0.4, 0.5) is 13.2 Å². The smallest absolute Gasteiger partial charge is 0.381 e. The summed E-state index contributed by atoms with van der Waals surface area (Å²) >= 11 is 0. The highest BCUT2D eigenvalue weighted by molar-refractivity contribution is 5.28. The Morgan fingerprint density at radius 1 is 1.20 bits per heavy atom. The van der Waals surface area contributed by atoms with E-state index in [1.165, 1.54) is 12.1 Å². The second-order valence-corrected chi connectivity index (χ2v) is 5.23. The van der Waals surface area contributed by atoms with Gasteiger partial charge in [0.1, 0.15) is 0 Å². The monoisotopic (exact) mass is 287 g/mol. The number of hydrogen-bond donors (Lipinski definition) is 1. The summed E-state index contributed by atoms with van der Waals surface area (Å²) in [6.45, 7) is 2.26. The van der Waals surface area contributed by atoms with E-state index in [9.17, 15) is 13.2 Å². The molecule has 1 fully saturated rings. The Morgan fingerprint density at radius 2 is 1.80 bits per heavy atom. The topological polar surface area (TPSA) is 21.3 Å². The highest BCUT2D eigenvalue weighted by atomic mass is 19.4. The van der Waals surface area contributed by atoms with Crippen molar-refractivity contribution in [2.24, 2.45) is 5.92 Å². The fourth-order valence-corrected chi connectivity index (χ4v) is 2.81. The molecule has 1 aromatic carbocycles. The summed E-state index contributed by atoms with van der Waals surface area (Å²) in [5.74, 6) is 0.708. The number of benzene rings is 1. The van der Waals surface area contributed by atoms with Gasteiger partial charge in [-0.2, -0.15) is 13.2 Å². The van der Waals surface area contributed by atoms with Crippen LogP contribution in [0.2, 0.25) is 0 Å². The number of nitrogens with one attached hydrogen (secondary N) is 1. The third-order valence-electron chi connectivity index (χ3n) is 3.93. The van der Waals surface area contributed by atoms with Gasteiger partial charge in [0.15, 0.2) is 0 Å². The maximum absolute atomic E-state index is 12.6. The maximum Gasteiger partial charge on any atom is 0.416 e. The van der Waals surface area contributed by atoms with Crippen molar-refractivity contribution in [1.29, 1.82) is 0 Å². The van der Waals surface area contributed by atoms with Gasteiger partial charge in [-0.25, -0.2) is 0 Å². The number of rotatable bonds is 4. The first kappa shape index (κ1) is 15.3. The quantitative estimate of drug-likeness (QED) is 0.916. The van der Waals surface area contributed by atoms with Crippen molar-refractivity contribution in [2.45, 2.75) is 24.9 Å². The largest absolute Gasteiger partial charge is 0.416 e. The van der Waals surface area contributed by atoms with E-state index in [2.05, 4.69) is 5.32 Å². The molecule has 0 bridgehead atoms. The molecule has 0 amide bonds. The van der Waals surface area contributed by atoms with Crippen LogP contribution in [0.1, 0.15) is 29.9 Å². The zero-order valence-corrected chi connectivity index (χ0v) is 11.5. The summed E-state index contributed by atoms with van der Waals surface area (Å²) in [5.41, 5.74) is 0.385. The van der Waals surface area contributed by atoms with Gasteiger partial charge in [-0.1, -0.05) is 12.1 Å². The van der Waals surface area contributed by atoms with Gasteiger partial charge in [-0.3, -0.25) is 0 Å². The molecule has 1 atom stereocenters. The molecule has 0 radical (unpaired) electrons. The van der Waals surface area contributed by atoms with Gasteiger partial charge in [0.2, 0.25) is 0 Å². The van der Waals surface area contributed by atoms with E-state index < -0.39 is 11.7 Å². The Bertz CT molecular complexity index is 410. The van der Waals surface area contributed by atoms with E-state index in [4.69, 9.17) is 4.74 Å². The molecule has 5 heteroatoms. The Hall–Kier alpha value is -1.07. The van der Waals surface area contributed by atoms with Crippen LogP contribution in [-0.2, 0) is 10.9 Å². The molecule has 1 saturated heterocycles. The van der Waals surface area contributed by atoms with Crippen molar-refractivity contribution in [3.05, 3.63) is 35.4 Å². The summed E-state index contributed by atoms with van der Waals surface area (Å²) in [5, 5.41) is 3.15. The van der Waals surface area contributed by atoms with Gasteiger partial charge < -0.3 is 10.1 Å². The number of alkyl halides is 3. The van der Waals surface area contributed by atoms with E-state index in [-0.39, 0.29) is 5.92 Å². The standard InChI is InChI=1S/C15H20F3NO/c1-19-10-14(12-6-8-20-9-7-12)11-2-4-13(5-3-11)15(16,17)18/h2-5,12,14,19H,6-10H2,1H3. The molecule has 1 aromatic rings. The Kier molecular flexibility index (Phi) is 5.05. The van der Waals surface area contributed by atoms with Gasteiger partial charge >= 0.3 is 6.18 Å². The molecule has 1 aliphatic rings. The van der Waals surface area contributed by atoms with Gasteiger partial charge in [0, 0.05) is 19.8 Å². The molecule has 2 rings (SSSR count). The number of hydrogen-bond acceptors (Lipinski definition) is 2. The minimum atomic E-state index is -4.27. The first-order valence-electron chi connectivity index (χ1n) is 6.92. The molecule has 1 aliphatic heterocycles. The summed E-state index contributed by atoms with van der Waals surface area (Å²) in [4.78, 5) is 0. The van der Waals surface area contributed by atoms with Crippen LogP contribution in [0.5, 0.6) is 0 Å². The van der Waals surface area contributed by atoms with E-state index >= 15 is 0 Å². The fraction of sp³-hybridized carbons (Fsp3) is 0.600. The fourth-order valence-electron chi connectivity index (χ4n) is 2.81. The maximum atomic E-state index is 12.6. The van der Waals surface area contributed by atoms with Crippen LogP contribution < -0.4 is 5.32 Å². The molecule has 1 unspecified atom stereocenters. The van der Waals surface area contributed by atoms with Crippen LogP contribution in [0.3, 0.4) is 0 Å². The first-order chi connectivity index (χ1) is 9.52. The highest BCUT2D eigenvalue weighted by Gasteiger charge is 2.31. The predicted molar refractivity (Wildman–Crippen MR) is 71.7 cm³/mol. The lowest BCUT2D eigenvalue weighted by atomic mass is 9.81. The van der Waals surface area contributed by atoms with Crippen LogP contribution >= 0.6 is 0 Å². The van der Waals surface area contributed by atoms with Crippen LogP contribution in [0.15, 0.2) is 24.3 Å². The lowest BCUT2D eigenvalue weighted by Crippen LogP contribution is -2.28. The zero-order chi connectivity index (χ0) is 14.6. The van der Waals surface area contributed by atoms with Gasteiger partial charge in [-0.05, 0) is 49.4 Å². The van der Waals surface area contributed by atoms with Gasteiger partial charge in [-0.15, -0.1) is 0 Å². The van der Waals surface area contributed by atoms with E-state index in [1.54, 1.807) is 12.1 Å². The SMILES string of the molecule is CNCC(c1ccc(C(F)(F)F)cc1)C1CCOCC1. The van der Waals surface area contributed by atoms with Crippen molar-refractivity contribution in [2.75, 3.05) is 26.8 Å². The zero-order valence-electron chi connectivity index (χ0n) is 11.5. The number of likely N-dealkylation sites (N-methyl/N-ethyl adjacent to an activating group) is 1. The van der Waals surface area contributed by atoms with Crippen LogP contribution in [0.25, 0.3) is 0 Å². The summed E-state index contributed by atoms with van der Waals surface area (Å²) in [6.07, 6.45) is -2.34. The van der Waals surface area contributed by atoms with E-state index in [1.807, 2.05) is 7.05 Å². The number of halogens is 3. The molecular weight excluding hydrogens is 267 g/mol. The van der Waals surface area contributed by atoms with Crippen LogP contribution in [-0.4, -0.2) is 26.8 Å². The third-order valence-corrected chi connectivity index (χ3v) is 3.93. The normalized spacial score (nSPS) is 19.0. The molecule has 2 nitrogen and oxygen atoms in total. The van der Waals surface area contributed by atoms with Crippen molar-refractivity contribution < 1.29 is 17.9 Å². The molecule has 112 valence electrons. The van der Waals surface area contributed by atoms with Crippen molar-refractivity contribution in [3.63, 3.8) is 0 Å². The lowest BCUT2D eigenvalue weighted by molar-refractivity contribution is -0.137. The summed E-state index contributed by atoms with van der Waals surface area (Å²) in [7, 11) is 1.87. The highest BCUT2D eigenvalue weighted by Crippen LogP contribution is 2.34. The average molecular weight is 287 g/mol. The molecule has 20 heavy (non-hydrogen) atoms. The van der Waals surface area contributed by atoms with Gasteiger partial charge in [0.05, 0.1) is 5.56 Å². The van der Waals surface area contributed by atoms with Crippen molar-refractivity contribution in [1.82, 2.24) is 5.32 Å². The molecule has 0 spiro atoms. The molecule has 0 aromatic heterocycles. The minimum absolute atomic E-state index is 0.242. The average Bonchev–Trinajstić information content (AvgIpc) is 2.45. The molecule has 1 heterocycles. The Morgan fingerprint density at radius 3 is 2.30 bits per heavy atom. The molecule has 0 saturated carbocycles. The van der Waals surface area contributed by atoms with E-state index in [0.29, 0.717) is 5.92 Å². The summed E-state index contributed by atoms with van der Waals surface area (Å²) < 4.78 is 43.1. The summed E-state index contributed by atoms with van der Waals surface area (Å²) in [6, 6.07) is 5.58. The minimum Gasteiger partial charge on any atom is -0.381 e. The van der Waals surface area contributed by atoms with Crippen LogP contribution in [0, 0.1) is 5.92 Å². The lowest BCUT2D eigenvalue weighted by Gasteiger charge is -2.30. The first-order valence-corrected chi connectivity index (χ1v) is 6.92. The second kappa shape index (κ2) is 6.59. The Labute approximate surface area is 117 Å². The Balaban J connectivity index is 2.16. The predicted octanol–water partition coefficient (Wildman–Crippen LogP) is 3.44. The van der Waals surface area contributed by atoms with E-state index in [0.717, 1.165) is 38.2 Å².